The lowest BCUT2D eigenvalue weighted by atomic mass is 10.2. The van der Waals surface area contributed by atoms with Gasteiger partial charge in [-0.15, -0.1) is 0 Å². The van der Waals surface area contributed by atoms with Gasteiger partial charge in [-0.1, -0.05) is 30.0 Å². The Bertz CT molecular complexity index is 535. The molecule has 3 heteroatoms. The minimum absolute atomic E-state index is 0.207. The van der Waals surface area contributed by atoms with Gasteiger partial charge in [0.2, 0.25) is 0 Å². The second kappa shape index (κ2) is 6.17. The van der Waals surface area contributed by atoms with Crippen LogP contribution in [0.3, 0.4) is 0 Å². The van der Waals surface area contributed by atoms with Crippen molar-refractivity contribution in [3.05, 3.63) is 59.5 Å². The van der Waals surface area contributed by atoms with Crippen molar-refractivity contribution in [2.24, 2.45) is 0 Å². The molecule has 0 fully saturated rings. The van der Waals surface area contributed by atoms with Gasteiger partial charge in [-0.2, -0.15) is 0 Å². The monoisotopic (exact) mass is 258 g/mol. The van der Waals surface area contributed by atoms with Gasteiger partial charge in [0.1, 0.15) is 11.5 Å². The van der Waals surface area contributed by atoms with Crippen molar-refractivity contribution in [1.82, 2.24) is 0 Å². The summed E-state index contributed by atoms with van der Waals surface area (Å²) in [5, 5.41) is 11.5. The summed E-state index contributed by atoms with van der Waals surface area (Å²) in [7, 11) is 1.58. The highest BCUT2D eigenvalue weighted by molar-refractivity contribution is 8.02. The summed E-state index contributed by atoms with van der Waals surface area (Å²) < 4.78 is 5.10. The summed E-state index contributed by atoms with van der Waals surface area (Å²) in [6, 6.07) is 15.3. The lowest BCUT2D eigenvalue weighted by molar-refractivity contribution is 0.407. The van der Waals surface area contributed by atoms with Gasteiger partial charge in [0, 0.05) is 11.0 Å². The maximum Gasteiger partial charge on any atom is 0.123 e. The molecule has 18 heavy (non-hydrogen) atoms. The van der Waals surface area contributed by atoms with Crippen LogP contribution in [0.25, 0.3) is 6.08 Å². The molecule has 0 saturated heterocycles. The SMILES string of the molecule is COc1cc(O)cc(/C=C/Sc2ccccc2)c1. The molecule has 0 aliphatic rings. The van der Waals surface area contributed by atoms with Crippen LogP contribution in [0, 0.1) is 0 Å². The second-order valence-corrected chi connectivity index (χ2v) is 4.68. The highest BCUT2D eigenvalue weighted by Crippen LogP contribution is 2.24. The summed E-state index contributed by atoms with van der Waals surface area (Å²) in [5.74, 6) is 0.859. The average Bonchev–Trinajstić information content (AvgIpc) is 2.39. The largest absolute Gasteiger partial charge is 0.508 e. The molecule has 2 nitrogen and oxygen atoms in total. The molecule has 0 bridgehead atoms. The Morgan fingerprint density at radius 2 is 1.89 bits per heavy atom. The van der Waals surface area contributed by atoms with E-state index in [1.807, 2.05) is 35.7 Å². The standard InChI is InChI=1S/C15H14O2S/c1-17-14-10-12(9-13(16)11-14)7-8-18-15-5-3-2-4-6-15/h2-11,16H,1H3/b8-7+. The Balaban J connectivity index is 2.07. The van der Waals surface area contributed by atoms with E-state index in [1.165, 1.54) is 4.90 Å². The molecule has 0 radical (unpaired) electrons. The quantitative estimate of drug-likeness (QED) is 0.835. The van der Waals surface area contributed by atoms with Crippen LogP contribution in [0.5, 0.6) is 11.5 Å². The number of rotatable bonds is 4. The van der Waals surface area contributed by atoms with E-state index in [-0.39, 0.29) is 5.75 Å². The number of phenols is 1. The van der Waals surface area contributed by atoms with Crippen molar-refractivity contribution in [1.29, 1.82) is 0 Å². The van der Waals surface area contributed by atoms with Crippen LogP contribution in [0.15, 0.2) is 58.8 Å². The first-order valence-electron chi connectivity index (χ1n) is 5.54. The van der Waals surface area contributed by atoms with E-state index in [4.69, 9.17) is 4.74 Å². The number of hydrogen-bond donors (Lipinski definition) is 1. The number of ether oxygens (including phenoxy) is 1. The molecule has 0 aromatic heterocycles. The Morgan fingerprint density at radius 1 is 1.11 bits per heavy atom. The van der Waals surface area contributed by atoms with Crippen LogP contribution >= 0.6 is 11.8 Å². The van der Waals surface area contributed by atoms with Crippen LogP contribution in [0.1, 0.15) is 5.56 Å². The van der Waals surface area contributed by atoms with E-state index in [0.717, 1.165) is 5.56 Å². The number of hydrogen-bond acceptors (Lipinski definition) is 3. The smallest absolute Gasteiger partial charge is 0.123 e. The van der Waals surface area contributed by atoms with Crippen LogP contribution in [0.4, 0.5) is 0 Å². The minimum atomic E-state index is 0.207. The zero-order valence-electron chi connectivity index (χ0n) is 10.0. The van der Waals surface area contributed by atoms with Crippen LogP contribution in [0.2, 0.25) is 0 Å². The lowest BCUT2D eigenvalue weighted by Crippen LogP contribution is -1.83. The Kier molecular flexibility index (Phi) is 4.31. The second-order valence-electron chi connectivity index (χ2n) is 3.70. The minimum Gasteiger partial charge on any atom is -0.508 e. The predicted molar refractivity (Wildman–Crippen MR) is 76.0 cm³/mol. The number of phenolic OH excluding ortho intramolecular Hbond substituents is 1. The Hall–Kier alpha value is -1.87. The van der Waals surface area contributed by atoms with Gasteiger partial charge in [-0.25, -0.2) is 0 Å². The van der Waals surface area contributed by atoms with Gasteiger partial charge < -0.3 is 9.84 Å². The molecule has 0 amide bonds. The number of thioether (sulfide) groups is 1. The van der Waals surface area contributed by atoms with Crippen LogP contribution in [-0.2, 0) is 0 Å². The van der Waals surface area contributed by atoms with Crippen molar-refractivity contribution in [2.45, 2.75) is 4.90 Å². The molecule has 0 aliphatic carbocycles. The molecule has 2 aromatic rings. The molecule has 0 heterocycles. The van der Waals surface area contributed by atoms with Crippen LogP contribution < -0.4 is 4.74 Å². The number of benzene rings is 2. The molecule has 2 aromatic carbocycles. The topological polar surface area (TPSA) is 29.5 Å². The molecule has 2 rings (SSSR count). The van der Waals surface area contributed by atoms with Gasteiger partial charge in [-0.3, -0.25) is 0 Å². The molecule has 1 N–H and O–H groups in total. The molecule has 0 saturated carbocycles. The third-order valence-electron chi connectivity index (χ3n) is 2.36. The van der Waals surface area contributed by atoms with Crippen molar-refractivity contribution in [2.75, 3.05) is 7.11 Å². The highest BCUT2D eigenvalue weighted by atomic mass is 32.2. The zero-order chi connectivity index (χ0) is 12.8. The van der Waals surface area contributed by atoms with E-state index in [2.05, 4.69) is 12.1 Å². The van der Waals surface area contributed by atoms with E-state index < -0.39 is 0 Å². The molecule has 0 unspecified atom stereocenters. The fourth-order valence-corrected chi connectivity index (χ4v) is 2.21. The molecular weight excluding hydrogens is 244 g/mol. The highest BCUT2D eigenvalue weighted by Gasteiger charge is 1.97. The zero-order valence-corrected chi connectivity index (χ0v) is 10.9. The number of aromatic hydroxyl groups is 1. The maximum absolute atomic E-state index is 9.52. The van der Waals surface area contributed by atoms with Crippen molar-refractivity contribution >= 4 is 17.8 Å². The van der Waals surface area contributed by atoms with Crippen molar-refractivity contribution in [3.8, 4) is 11.5 Å². The van der Waals surface area contributed by atoms with Gasteiger partial charge in [0.25, 0.3) is 0 Å². The summed E-state index contributed by atoms with van der Waals surface area (Å²) in [6.45, 7) is 0. The Labute approximate surface area is 111 Å². The first-order valence-corrected chi connectivity index (χ1v) is 6.42. The van der Waals surface area contributed by atoms with Crippen molar-refractivity contribution in [3.63, 3.8) is 0 Å². The predicted octanol–water partition coefficient (Wildman–Crippen LogP) is 4.16. The first kappa shape index (κ1) is 12.6. The summed E-state index contributed by atoms with van der Waals surface area (Å²) >= 11 is 1.63. The average molecular weight is 258 g/mol. The van der Waals surface area contributed by atoms with Gasteiger partial charge >= 0.3 is 0 Å². The fourth-order valence-electron chi connectivity index (χ4n) is 1.51. The first-order chi connectivity index (χ1) is 8.78. The third kappa shape index (κ3) is 3.57. The maximum atomic E-state index is 9.52. The summed E-state index contributed by atoms with van der Waals surface area (Å²) in [6.07, 6.45) is 1.94. The molecular formula is C15H14O2S. The van der Waals surface area contributed by atoms with E-state index in [1.54, 1.807) is 31.0 Å². The third-order valence-corrected chi connectivity index (χ3v) is 3.17. The molecule has 0 spiro atoms. The fraction of sp³-hybridized carbons (Fsp3) is 0.0667. The van der Waals surface area contributed by atoms with Crippen molar-refractivity contribution < 1.29 is 9.84 Å². The normalized spacial score (nSPS) is 10.7. The Morgan fingerprint density at radius 3 is 2.61 bits per heavy atom. The van der Waals surface area contributed by atoms with Gasteiger partial charge in [0.15, 0.2) is 0 Å². The van der Waals surface area contributed by atoms with E-state index >= 15 is 0 Å². The van der Waals surface area contributed by atoms with Gasteiger partial charge in [-0.05, 0) is 41.3 Å². The number of methoxy groups -OCH3 is 1. The van der Waals surface area contributed by atoms with E-state index in [9.17, 15) is 5.11 Å². The summed E-state index contributed by atoms with van der Waals surface area (Å²) in [4.78, 5) is 1.18. The van der Waals surface area contributed by atoms with Crippen LogP contribution in [-0.4, -0.2) is 12.2 Å². The van der Waals surface area contributed by atoms with Gasteiger partial charge in [0.05, 0.1) is 7.11 Å². The molecule has 92 valence electrons. The molecule has 0 aliphatic heterocycles. The molecule has 0 atom stereocenters. The van der Waals surface area contributed by atoms with E-state index in [0.29, 0.717) is 5.75 Å². The lowest BCUT2D eigenvalue weighted by Gasteiger charge is -2.02. The summed E-state index contributed by atoms with van der Waals surface area (Å²) in [5.41, 5.74) is 0.912.